The molecule has 0 N–H and O–H groups in total. The monoisotopic (exact) mass is 765 g/mol. The van der Waals surface area contributed by atoms with E-state index in [0.29, 0.717) is 0 Å². The van der Waals surface area contributed by atoms with Gasteiger partial charge in [0.1, 0.15) is 5.58 Å². The highest BCUT2D eigenvalue weighted by atomic mass is 16.3. The maximum Gasteiger partial charge on any atom is 0.213 e. The Balaban J connectivity index is 0.928. The van der Waals surface area contributed by atoms with Gasteiger partial charge in [-0.15, -0.1) is 0 Å². The molecule has 4 heterocycles. The molecular formula is C56H35N3O. The standard InChI is InChI=1S/C56H35N3O/c1-3-15-40(16-4-1)57-49-23-10-7-20-43(49)47-33-37(27-30-52(47)57)38-28-31-53-48(34-38)44-21-8-11-24-50(44)58(53)42-19-13-14-36(32-42)39-26-29-46-54(35-39)60-56-55(46)45-22-9-12-25-51(45)59(56)41-17-5-2-6-18-41/h1-35H. The number of benzene rings is 9. The summed E-state index contributed by atoms with van der Waals surface area (Å²) in [5, 5.41) is 8.43. The SMILES string of the molecule is c1ccc(-n2c3ccccc3c3cc(-c4ccc5c(c4)c4ccccc4n5-c4cccc(-c5ccc6c(c5)oc5c6c6ccccc6n5-c5ccccc5)c4)ccc32)cc1. The predicted molar refractivity (Wildman–Crippen MR) is 250 cm³/mol. The van der Waals surface area contributed by atoms with E-state index in [2.05, 4.69) is 226 Å². The van der Waals surface area contributed by atoms with Crippen molar-refractivity contribution in [1.29, 1.82) is 0 Å². The first-order valence-electron chi connectivity index (χ1n) is 20.5. The minimum atomic E-state index is 0.867. The summed E-state index contributed by atoms with van der Waals surface area (Å²) in [6.45, 7) is 0. The number of nitrogens with zero attached hydrogens (tertiary/aromatic N) is 3. The third kappa shape index (κ3) is 4.79. The average molecular weight is 766 g/mol. The van der Waals surface area contributed by atoms with E-state index in [1.54, 1.807) is 0 Å². The van der Waals surface area contributed by atoms with Gasteiger partial charge in [0.25, 0.3) is 0 Å². The number of aromatic nitrogens is 3. The van der Waals surface area contributed by atoms with Crippen molar-refractivity contribution in [1.82, 2.24) is 13.7 Å². The van der Waals surface area contributed by atoms with Gasteiger partial charge >= 0.3 is 0 Å². The highest BCUT2D eigenvalue weighted by Crippen LogP contribution is 2.42. The van der Waals surface area contributed by atoms with Crippen LogP contribution in [0.3, 0.4) is 0 Å². The first kappa shape index (κ1) is 32.9. The average Bonchev–Trinajstić information content (AvgIpc) is 4.04. The lowest BCUT2D eigenvalue weighted by molar-refractivity contribution is 0.645. The first-order chi connectivity index (χ1) is 29.8. The maximum atomic E-state index is 6.77. The molecule has 0 fully saturated rings. The van der Waals surface area contributed by atoms with E-state index in [-0.39, 0.29) is 0 Å². The van der Waals surface area contributed by atoms with Crippen molar-refractivity contribution in [3.63, 3.8) is 0 Å². The summed E-state index contributed by atoms with van der Waals surface area (Å²) in [4.78, 5) is 0. The highest BCUT2D eigenvalue weighted by Gasteiger charge is 2.20. The summed E-state index contributed by atoms with van der Waals surface area (Å²) < 4.78 is 13.8. The third-order valence-electron chi connectivity index (χ3n) is 12.4. The Morgan fingerprint density at radius 3 is 1.35 bits per heavy atom. The lowest BCUT2D eigenvalue weighted by Crippen LogP contribution is -1.94. The van der Waals surface area contributed by atoms with E-state index in [1.807, 2.05) is 0 Å². The quantitative estimate of drug-likeness (QED) is 0.171. The molecule has 4 nitrogen and oxygen atoms in total. The summed E-state index contributed by atoms with van der Waals surface area (Å²) in [6, 6.07) is 76.6. The second kappa shape index (κ2) is 12.7. The molecule has 4 heteroatoms. The van der Waals surface area contributed by atoms with Gasteiger partial charge in [-0.05, 0) is 113 Å². The van der Waals surface area contributed by atoms with Gasteiger partial charge in [0, 0.05) is 49.4 Å². The number of para-hydroxylation sites is 5. The molecule has 0 spiro atoms. The van der Waals surface area contributed by atoms with Gasteiger partial charge in [0.15, 0.2) is 0 Å². The largest absolute Gasteiger partial charge is 0.439 e. The lowest BCUT2D eigenvalue weighted by atomic mass is 10.0. The molecule has 0 saturated heterocycles. The molecule has 0 atom stereocenters. The molecule has 0 unspecified atom stereocenters. The van der Waals surface area contributed by atoms with Crippen LogP contribution in [-0.4, -0.2) is 13.7 Å². The van der Waals surface area contributed by atoms with E-state index >= 15 is 0 Å². The normalized spacial score (nSPS) is 12.0. The Bertz CT molecular complexity index is 3820. The Morgan fingerprint density at radius 1 is 0.267 bits per heavy atom. The molecule has 13 aromatic rings. The molecule has 60 heavy (non-hydrogen) atoms. The van der Waals surface area contributed by atoms with Crippen molar-refractivity contribution in [2.45, 2.75) is 0 Å². The fourth-order valence-corrected chi connectivity index (χ4v) is 9.77. The zero-order valence-corrected chi connectivity index (χ0v) is 32.5. The Hall–Kier alpha value is -8.08. The second-order valence-corrected chi connectivity index (χ2v) is 15.7. The van der Waals surface area contributed by atoms with Gasteiger partial charge in [-0.2, -0.15) is 0 Å². The van der Waals surface area contributed by atoms with E-state index in [0.717, 1.165) is 50.1 Å². The van der Waals surface area contributed by atoms with Crippen molar-refractivity contribution >= 4 is 76.6 Å². The van der Waals surface area contributed by atoms with Crippen molar-refractivity contribution in [2.75, 3.05) is 0 Å². The molecular weight excluding hydrogens is 731 g/mol. The van der Waals surface area contributed by atoms with Gasteiger partial charge in [-0.1, -0.05) is 121 Å². The number of hydrogen-bond acceptors (Lipinski definition) is 1. The zero-order chi connectivity index (χ0) is 39.3. The van der Waals surface area contributed by atoms with Crippen molar-refractivity contribution in [3.05, 3.63) is 212 Å². The topological polar surface area (TPSA) is 27.9 Å². The van der Waals surface area contributed by atoms with Crippen LogP contribution in [0, 0.1) is 0 Å². The fraction of sp³-hybridized carbons (Fsp3) is 0. The van der Waals surface area contributed by atoms with Crippen LogP contribution < -0.4 is 0 Å². The summed E-state index contributed by atoms with van der Waals surface area (Å²) in [6.07, 6.45) is 0. The van der Waals surface area contributed by atoms with Crippen LogP contribution in [0.25, 0.3) is 116 Å². The Labute approximate surface area is 345 Å². The molecule has 280 valence electrons. The zero-order valence-electron chi connectivity index (χ0n) is 32.5. The Kier molecular flexibility index (Phi) is 6.98. The van der Waals surface area contributed by atoms with Crippen LogP contribution in [-0.2, 0) is 0 Å². The van der Waals surface area contributed by atoms with Crippen LogP contribution in [0.4, 0.5) is 0 Å². The number of hydrogen-bond donors (Lipinski definition) is 0. The molecule has 13 rings (SSSR count). The van der Waals surface area contributed by atoms with Crippen molar-refractivity contribution in [2.24, 2.45) is 0 Å². The number of rotatable bonds is 5. The van der Waals surface area contributed by atoms with Crippen molar-refractivity contribution < 1.29 is 4.42 Å². The van der Waals surface area contributed by atoms with Gasteiger partial charge < -0.3 is 13.6 Å². The van der Waals surface area contributed by atoms with E-state index in [1.165, 1.54) is 65.8 Å². The summed E-state index contributed by atoms with van der Waals surface area (Å²) in [5.74, 6) is 0. The predicted octanol–water partition coefficient (Wildman–Crippen LogP) is 15.1. The molecule has 4 aromatic heterocycles. The van der Waals surface area contributed by atoms with Crippen LogP contribution in [0.15, 0.2) is 217 Å². The van der Waals surface area contributed by atoms with Crippen LogP contribution >= 0.6 is 0 Å². The number of fused-ring (bicyclic) bond motifs is 11. The third-order valence-corrected chi connectivity index (χ3v) is 12.4. The van der Waals surface area contributed by atoms with E-state index in [9.17, 15) is 0 Å². The van der Waals surface area contributed by atoms with Gasteiger partial charge in [-0.25, -0.2) is 0 Å². The second-order valence-electron chi connectivity index (χ2n) is 15.7. The van der Waals surface area contributed by atoms with Gasteiger partial charge in [-0.3, -0.25) is 4.57 Å². The molecule has 0 radical (unpaired) electrons. The van der Waals surface area contributed by atoms with Crippen molar-refractivity contribution in [3.8, 4) is 39.3 Å². The van der Waals surface area contributed by atoms with Gasteiger partial charge in [0.05, 0.1) is 33.0 Å². The van der Waals surface area contributed by atoms with E-state index < -0.39 is 0 Å². The maximum absolute atomic E-state index is 6.77. The summed E-state index contributed by atoms with van der Waals surface area (Å²) >= 11 is 0. The van der Waals surface area contributed by atoms with Gasteiger partial charge in [0.2, 0.25) is 5.71 Å². The van der Waals surface area contributed by atoms with Crippen LogP contribution in [0.2, 0.25) is 0 Å². The van der Waals surface area contributed by atoms with Crippen LogP contribution in [0.1, 0.15) is 0 Å². The fourth-order valence-electron chi connectivity index (χ4n) is 9.77. The summed E-state index contributed by atoms with van der Waals surface area (Å²) in [7, 11) is 0. The minimum Gasteiger partial charge on any atom is -0.439 e. The minimum absolute atomic E-state index is 0.867. The Morgan fingerprint density at radius 2 is 0.717 bits per heavy atom. The smallest absolute Gasteiger partial charge is 0.213 e. The number of furan rings is 1. The molecule has 9 aromatic carbocycles. The lowest BCUT2D eigenvalue weighted by Gasteiger charge is -2.11. The summed E-state index contributed by atoms with van der Waals surface area (Å²) in [5.41, 5.74) is 15.7. The molecule has 0 bridgehead atoms. The first-order valence-corrected chi connectivity index (χ1v) is 20.5. The van der Waals surface area contributed by atoms with Crippen LogP contribution in [0.5, 0.6) is 0 Å². The molecule has 0 saturated carbocycles. The highest BCUT2D eigenvalue weighted by molar-refractivity contribution is 6.20. The molecule has 0 aliphatic rings. The molecule has 0 aliphatic heterocycles. The molecule has 0 aliphatic carbocycles. The van der Waals surface area contributed by atoms with E-state index in [4.69, 9.17) is 4.42 Å². The molecule has 0 amide bonds.